The Morgan fingerprint density at radius 1 is 1.15 bits per heavy atom. The molecular formula is C21H25N3O2. The first-order valence-corrected chi connectivity index (χ1v) is 9.31. The molecule has 26 heavy (non-hydrogen) atoms. The van der Waals surface area contributed by atoms with Crippen molar-refractivity contribution < 1.29 is 9.53 Å². The normalized spacial score (nSPS) is 22.4. The standard InChI is InChI=1S/C21H25N3O2/c25-20(23-17-6-2-1-3-7-17)19-15-24(14-18-8-4-5-11-22-18)16-21(19)9-12-26-13-10-21/h1-8,11,19H,9-10,12-16H2,(H,23,25)/t19-/m1/s1. The summed E-state index contributed by atoms with van der Waals surface area (Å²) in [6, 6.07) is 15.7. The van der Waals surface area contributed by atoms with Gasteiger partial charge in [-0.05, 0) is 37.1 Å². The van der Waals surface area contributed by atoms with Crippen molar-refractivity contribution in [2.24, 2.45) is 11.3 Å². The van der Waals surface area contributed by atoms with E-state index in [1.165, 1.54) is 0 Å². The molecule has 0 aliphatic carbocycles. The molecule has 1 amide bonds. The molecule has 1 atom stereocenters. The third kappa shape index (κ3) is 3.64. The fourth-order valence-corrected chi connectivity index (χ4v) is 4.31. The summed E-state index contributed by atoms with van der Waals surface area (Å²) in [7, 11) is 0. The number of carbonyl (C=O) groups is 1. The van der Waals surface area contributed by atoms with E-state index >= 15 is 0 Å². The van der Waals surface area contributed by atoms with Crippen LogP contribution in [0.5, 0.6) is 0 Å². The summed E-state index contributed by atoms with van der Waals surface area (Å²) in [5.74, 6) is 0.108. The summed E-state index contributed by atoms with van der Waals surface area (Å²) in [6.07, 6.45) is 3.71. The zero-order valence-corrected chi connectivity index (χ0v) is 14.9. The van der Waals surface area contributed by atoms with Gasteiger partial charge in [0.1, 0.15) is 0 Å². The molecule has 5 nitrogen and oxygen atoms in total. The molecule has 2 aliphatic rings. The van der Waals surface area contributed by atoms with Crippen molar-refractivity contribution >= 4 is 11.6 Å². The first-order chi connectivity index (χ1) is 12.8. The van der Waals surface area contributed by atoms with E-state index in [-0.39, 0.29) is 17.2 Å². The maximum absolute atomic E-state index is 13.1. The van der Waals surface area contributed by atoms with E-state index < -0.39 is 0 Å². The Hall–Kier alpha value is -2.24. The molecule has 2 aliphatic heterocycles. The summed E-state index contributed by atoms with van der Waals surface area (Å²) >= 11 is 0. The van der Waals surface area contributed by atoms with E-state index in [2.05, 4.69) is 15.2 Å². The van der Waals surface area contributed by atoms with Crippen molar-refractivity contribution in [3.05, 3.63) is 60.4 Å². The molecule has 1 aromatic carbocycles. The summed E-state index contributed by atoms with van der Waals surface area (Å²) < 4.78 is 5.59. The largest absolute Gasteiger partial charge is 0.381 e. The minimum Gasteiger partial charge on any atom is -0.381 e. The number of rotatable bonds is 4. The molecule has 4 rings (SSSR count). The van der Waals surface area contributed by atoms with E-state index in [0.29, 0.717) is 0 Å². The molecule has 2 aromatic rings. The monoisotopic (exact) mass is 351 g/mol. The Kier molecular flexibility index (Phi) is 5.00. The lowest BCUT2D eigenvalue weighted by Gasteiger charge is -2.37. The number of pyridine rings is 1. The fourth-order valence-electron chi connectivity index (χ4n) is 4.31. The Labute approximate surface area is 154 Å². The van der Waals surface area contributed by atoms with E-state index in [0.717, 1.165) is 57.1 Å². The predicted molar refractivity (Wildman–Crippen MR) is 101 cm³/mol. The van der Waals surface area contributed by atoms with Gasteiger partial charge in [0, 0.05) is 50.1 Å². The van der Waals surface area contributed by atoms with Crippen LogP contribution in [0.15, 0.2) is 54.7 Å². The Morgan fingerprint density at radius 3 is 2.65 bits per heavy atom. The van der Waals surface area contributed by atoms with Crippen LogP contribution in [0.2, 0.25) is 0 Å². The van der Waals surface area contributed by atoms with Gasteiger partial charge in [0.25, 0.3) is 0 Å². The van der Waals surface area contributed by atoms with Crippen molar-refractivity contribution in [2.45, 2.75) is 19.4 Å². The second-order valence-corrected chi connectivity index (χ2v) is 7.37. The van der Waals surface area contributed by atoms with Crippen LogP contribution in [0, 0.1) is 11.3 Å². The van der Waals surface area contributed by atoms with Crippen molar-refractivity contribution in [3.8, 4) is 0 Å². The summed E-state index contributed by atoms with van der Waals surface area (Å²) in [5.41, 5.74) is 1.92. The second-order valence-electron chi connectivity index (χ2n) is 7.37. The Balaban J connectivity index is 1.51. The molecule has 1 spiro atoms. The third-order valence-electron chi connectivity index (χ3n) is 5.68. The molecular weight excluding hydrogens is 326 g/mol. The Bertz CT molecular complexity index is 729. The number of nitrogens with zero attached hydrogens (tertiary/aromatic N) is 2. The SMILES string of the molecule is O=C(Nc1ccccc1)[C@H]1CN(Cc2ccccn2)CC12CCOCC2. The van der Waals surface area contributed by atoms with Gasteiger partial charge < -0.3 is 10.1 Å². The summed E-state index contributed by atoms with van der Waals surface area (Å²) in [5, 5.41) is 3.12. The smallest absolute Gasteiger partial charge is 0.229 e. The number of carbonyl (C=O) groups excluding carboxylic acids is 1. The molecule has 0 radical (unpaired) electrons. The van der Waals surface area contributed by atoms with Crippen LogP contribution in [0.1, 0.15) is 18.5 Å². The number of ether oxygens (including phenoxy) is 1. The average Bonchev–Trinajstić information content (AvgIpc) is 3.01. The molecule has 2 fully saturated rings. The number of para-hydroxylation sites is 1. The number of anilines is 1. The van der Waals surface area contributed by atoms with Gasteiger partial charge in [-0.1, -0.05) is 24.3 Å². The van der Waals surface area contributed by atoms with Gasteiger partial charge in [0.15, 0.2) is 0 Å². The van der Waals surface area contributed by atoms with Crippen LogP contribution in [0.3, 0.4) is 0 Å². The van der Waals surface area contributed by atoms with Crippen LogP contribution < -0.4 is 5.32 Å². The number of hydrogen-bond donors (Lipinski definition) is 1. The van der Waals surface area contributed by atoms with Crippen LogP contribution in [0.25, 0.3) is 0 Å². The van der Waals surface area contributed by atoms with E-state index in [1.807, 2.05) is 54.7 Å². The highest BCUT2D eigenvalue weighted by Crippen LogP contribution is 2.45. The topological polar surface area (TPSA) is 54.5 Å². The molecule has 0 saturated carbocycles. The summed E-state index contributed by atoms with van der Waals surface area (Å²) in [6.45, 7) is 3.98. The number of aromatic nitrogens is 1. The van der Waals surface area contributed by atoms with Crippen LogP contribution in [-0.2, 0) is 16.1 Å². The lowest BCUT2D eigenvalue weighted by atomic mass is 9.71. The molecule has 136 valence electrons. The minimum absolute atomic E-state index is 0.00585. The van der Waals surface area contributed by atoms with Gasteiger partial charge in [-0.3, -0.25) is 14.7 Å². The van der Waals surface area contributed by atoms with Gasteiger partial charge in [-0.25, -0.2) is 0 Å². The van der Waals surface area contributed by atoms with Crippen LogP contribution in [0.4, 0.5) is 5.69 Å². The second kappa shape index (κ2) is 7.56. The molecule has 2 saturated heterocycles. The van der Waals surface area contributed by atoms with Gasteiger partial charge in [0.2, 0.25) is 5.91 Å². The maximum atomic E-state index is 13.1. The van der Waals surface area contributed by atoms with Gasteiger partial charge in [-0.2, -0.15) is 0 Å². The minimum atomic E-state index is -0.0182. The van der Waals surface area contributed by atoms with E-state index in [1.54, 1.807) is 0 Å². The highest BCUT2D eigenvalue weighted by atomic mass is 16.5. The quantitative estimate of drug-likeness (QED) is 0.920. The van der Waals surface area contributed by atoms with Crippen LogP contribution in [-0.4, -0.2) is 42.1 Å². The lowest BCUT2D eigenvalue weighted by molar-refractivity contribution is -0.124. The highest BCUT2D eigenvalue weighted by molar-refractivity contribution is 5.93. The molecule has 0 unspecified atom stereocenters. The first kappa shape index (κ1) is 17.2. The van der Waals surface area contributed by atoms with Gasteiger partial charge >= 0.3 is 0 Å². The number of nitrogens with one attached hydrogen (secondary N) is 1. The van der Waals surface area contributed by atoms with Crippen molar-refractivity contribution in [3.63, 3.8) is 0 Å². The van der Waals surface area contributed by atoms with Gasteiger partial charge in [0.05, 0.1) is 11.6 Å². The number of likely N-dealkylation sites (tertiary alicyclic amines) is 1. The van der Waals surface area contributed by atoms with E-state index in [4.69, 9.17) is 4.74 Å². The van der Waals surface area contributed by atoms with Crippen molar-refractivity contribution in [1.29, 1.82) is 0 Å². The fraction of sp³-hybridized carbons (Fsp3) is 0.429. The van der Waals surface area contributed by atoms with Crippen molar-refractivity contribution in [1.82, 2.24) is 9.88 Å². The average molecular weight is 351 g/mol. The molecule has 1 N–H and O–H groups in total. The van der Waals surface area contributed by atoms with Gasteiger partial charge in [-0.15, -0.1) is 0 Å². The van der Waals surface area contributed by atoms with Crippen LogP contribution >= 0.6 is 0 Å². The predicted octanol–water partition coefficient (Wildman–Crippen LogP) is 2.95. The van der Waals surface area contributed by atoms with Crippen molar-refractivity contribution in [2.75, 3.05) is 31.6 Å². The number of hydrogen-bond acceptors (Lipinski definition) is 4. The lowest BCUT2D eigenvalue weighted by Crippen LogP contribution is -2.42. The first-order valence-electron chi connectivity index (χ1n) is 9.31. The zero-order chi connectivity index (χ0) is 17.8. The number of amides is 1. The number of benzene rings is 1. The molecule has 5 heteroatoms. The molecule has 1 aromatic heterocycles. The Morgan fingerprint density at radius 2 is 1.92 bits per heavy atom. The molecule has 3 heterocycles. The zero-order valence-electron chi connectivity index (χ0n) is 14.9. The summed E-state index contributed by atoms with van der Waals surface area (Å²) in [4.78, 5) is 19.9. The highest BCUT2D eigenvalue weighted by Gasteiger charge is 2.50. The molecule has 0 bridgehead atoms. The third-order valence-corrected chi connectivity index (χ3v) is 5.68. The van der Waals surface area contributed by atoms with E-state index in [9.17, 15) is 4.79 Å². The maximum Gasteiger partial charge on any atom is 0.229 e.